The second-order valence-electron chi connectivity index (χ2n) is 8.57. The smallest absolute Gasteiger partial charge is 0.416 e. The second kappa shape index (κ2) is 9.80. The lowest BCUT2D eigenvalue weighted by molar-refractivity contribution is -0.137. The van der Waals surface area contributed by atoms with E-state index in [2.05, 4.69) is 5.32 Å². The molecule has 1 aliphatic heterocycles. The zero-order valence-electron chi connectivity index (χ0n) is 17.3. The number of halogens is 3. The minimum Gasteiger partial charge on any atom is -0.444 e. The van der Waals surface area contributed by atoms with Crippen LogP contribution in [0, 0.1) is 5.92 Å². The van der Waals surface area contributed by atoms with Crippen molar-refractivity contribution in [2.24, 2.45) is 5.92 Å². The Hall–Kier alpha value is -1.80. The van der Waals surface area contributed by atoms with Crippen LogP contribution >= 0.6 is 0 Å². The van der Waals surface area contributed by atoms with E-state index in [1.54, 1.807) is 26.8 Å². The molecule has 0 aromatic heterocycles. The van der Waals surface area contributed by atoms with Crippen LogP contribution in [0.1, 0.15) is 44.7 Å². The van der Waals surface area contributed by atoms with Crippen molar-refractivity contribution in [2.45, 2.75) is 57.9 Å². The van der Waals surface area contributed by atoms with E-state index in [4.69, 9.17) is 4.74 Å². The molecule has 5 nitrogen and oxygen atoms in total. The molecule has 2 atom stereocenters. The Bertz CT molecular complexity index is 674. The highest BCUT2D eigenvalue weighted by Crippen LogP contribution is 2.29. The topological polar surface area (TPSA) is 61.8 Å². The van der Waals surface area contributed by atoms with E-state index in [1.807, 2.05) is 0 Å². The zero-order valence-corrected chi connectivity index (χ0v) is 17.3. The number of ether oxygens (including phenoxy) is 1. The molecule has 1 fully saturated rings. The molecule has 164 valence electrons. The van der Waals surface area contributed by atoms with Crippen LogP contribution in [-0.4, -0.2) is 54.0 Å². The normalized spacial score (nSPS) is 20.2. The third-order valence-electron chi connectivity index (χ3n) is 4.79. The molecule has 2 N–H and O–H groups in total. The number of carbonyl (C=O) groups excluding carboxylic acids is 1. The van der Waals surface area contributed by atoms with E-state index in [1.165, 1.54) is 17.0 Å². The van der Waals surface area contributed by atoms with E-state index in [0.717, 1.165) is 18.9 Å². The van der Waals surface area contributed by atoms with Gasteiger partial charge < -0.3 is 20.1 Å². The van der Waals surface area contributed by atoms with Gasteiger partial charge in [0.15, 0.2) is 0 Å². The van der Waals surface area contributed by atoms with E-state index in [0.29, 0.717) is 31.6 Å². The fourth-order valence-electron chi connectivity index (χ4n) is 3.30. The quantitative estimate of drug-likeness (QED) is 0.663. The maximum absolute atomic E-state index is 12.7. The van der Waals surface area contributed by atoms with Gasteiger partial charge in [0.05, 0.1) is 18.2 Å². The molecule has 29 heavy (non-hydrogen) atoms. The summed E-state index contributed by atoms with van der Waals surface area (Å²) in [5.41, 5.74) is -0.505. The van der Waals surface area contributed by atoms with Crippen molar-refractivity contribution in [1.29, 1.82) is 0 Å². The number of alkyl halides is 3. The number of likely N-dealkylation sites (tertiary alicyclic amines) is 1. The molecule has 1 aromatic rings. The number of nitrogens with zero attached hydrogens (tertiary/aromatic N) is 1. The average Bonchev–Trinajstić information content (AvgIpc) is 2.97. The highest BCUT2D eigenvalue weighted by Gasteiger charge is 2.35. The number of aliphatic hydroxyl groups is 1. The fourth-order valence-corrected chi connectivity index (χ4v) is 3.30. The molecule has 1 heterocycles. The number of nitrogens with one attached hydrogen (secondary N) is 1. The van der Waals surface area contributed by atoms with Crippen LogP contribution in [0.3, 0.4) is 0 Å². The summed E-state index contributed by atoms with van der Waals surface area (Å²) in [5.74, 6) is -0.0639. The number of unbranched alkanes of at least 4 members (excludes halogenated alkanes) is 1. The van der Waals surface area contributed by atoms with Gasteiger partial charge in [-0.15, -0.1) is 0 Å². The predicted octanol–water partition coefficient (Wildman–Crippen LogP) is 3.85. The summed E-state index contributed by atoms with van der Waals surface area (Å²) in [5, 5.41) is 13.4. The molecular formula is C21H31F3N2O3. The number of benzene rings is 1. The van der Waals surface area contributed by atoms with Crippen molar-refractivity contribution in [2.75, 3.05) is 26.2 Å². The summed E-state index contributed by atoms with van der Waals surface area (Å²) in [4.78, 5) is 13.6. The van der Waals surface area contributed by atoms with Gasteiger partial charge in [-0.25, -0.2) is 4.79 Å². The van der Waals surface area contributed by atoms with Gasteiger partial charge >= 0.3 is 12.3 Å². The van der Waals surface area contributed by atoms with Crippen molar-refractivity contribution in [3.05, 3.63) is 35.4 Å². The molecule has 8 heteroatoms. The lowest BCUT2D eigenvalue weighted by atomic mass is 10.0. The number of β-amino-alcohol motifs (C(OH)–C–C–N with tert-alkyl or cyclic N) is 1. The molecule has 0 aliphatic carbocycles. The van der Waals surface area contributed by atoms with Gasteiger partial charge in [0.1, 0.15) is 5.60 Å². The molecule has 1 amide bonds. The molecular weight excluding hydrogens is 385 g/mol. The SMILES string of the molecule is CC(C)(C)OC(=O)N1C[C@@H](CNCCCCc2cccc(C(F)(F)F)c2)[C@@H](O)C1. The van der Waals surface area contributed by atoms with Crippen LogP contribution in [0.5, 0.6) is 0 Å². The van der Waals surface area contributed by atoms with Crippen molar-refractivity contribution >= 4 is 6.09 Å². The Morgan fingerprint density at radius 3 is 2.62 bits per heavy atom. The Labute approximate surface area is 170 Å². The molecule has 0 spiro atoms. The summed E-state index contributed by atoms with van der Waals surface area (Å²) in [6.45, 7) is 7.38. The van der Waals surface area contributed by atoms with Crippen molar-refractivity contribution < 1.29 is 27.8 Å². The molecule has 1 aliphatic rings. The maximum atomic E-state index is 12.7. The zero-order chi connectivity index (χ0) is 21.7. The first-order chi connectivity index (χ1) is 13.5. The first kappa shape index (κ1) is 23.5. The molecule has 0 saturated carbocycles. The standard InChI is InChI=1S/C21H31F3N2O3/c1-20(2,3)29-19(28)26-13-16(18(27)14-26)12-25-10-5-4-7-15-8-6-9-17(11-15)21(22,23)24/h6,8-9,11,16,18,25,27H,4-5,7,10,12-14H2,1-3H3/t16-,18+/m1/s1. The van der Waals surface area contributed by atoms with Crippen LogP contribution in [0.15, 0.2) is 24.3 Å². The molecule has 0 radical (unpaired) electrons. The molecule has 1 saturated heterocycles. The maximum Gasteiger partial charge on any atom is 0.416 e. The Morgan fingerprint density at radius 2 is 1.97 bits per heavy atom. The predicted molar refractivity (Wildman–Crippen MR) is 105 cm³/mol. The van der Waals surface area contributed by atoms with Crippen LogP contribution < -0.4 is 5.32 Å². The number of rotatable bonds is 7. The first-order valence-corrected chi connectivity index (χ1v) is 9.98. The number of hydrogen-bond donors (Lipinski definition) is 2. The minimum absolute atomic E-state index is 0.0639. The highest BCUT2D eigenvalue weighted by atomic mass is 19.4. The van der Waals surface area contributed by atoms with E-state index in [-0.39, 0.29) is 12.5 Å². The van der Waals surface area contributed by atoms with Crippen LogP contribution in [0.4, 0.5) is 18.0 Å². The van der Waals surface area contributed by atoms with Gasteiger partial charge in [-0.2, -0.15) is 13.2 Å². The van der Waals surface area contributed by atoms with Gasteiger partial charge in [0.25, 0.3) is 0 Å². The lowest BCUT2D eigenvalue weighted by Crippen LogP contribution is -2.36. The van der Waals surface area contributed by atoms with E-state index < -0.39 is 29.5 Å². The number of hydrogen-bond acceptors (Lipinski definition) is 4. The largest absolute Gasteiger partial charge is 0.444 e. The Kier molecular flexibility index (Phi) is 7.94. The third kappa shape index (κ3) is 7.85. The number of amides is 1. The highest BCUT2D eigenvalue weighted by molar-refractivity contribution is 5.68. The van der Waals surface area contributed by atoms with Gasteiger partial charge in [-0.1, -0.05) is 18.2 Å². The molecule has 2 rings (SSSR count). The summed E-state index contributed by atoms with van der Waals surface area (Å²) >= 11 is 0. The fraction of sp³-hybridized carbons (Fsp3) is 0.667. The third-order valence-corrected chi connectivity index (χ3v) is 4.79. The Balaban J connectivity index is 1.65. The molecule has 0 bridgehead atoms. The van der Waals surface area contributed by atoms with E-state index >= 15 is 0 Å². The van der Waals surface area contributed by atoms with Gasteiger partial charge in [-0.3, -0.25) is 0 Å². The van der Waals surface area contributed by atoms with Crippen LogP contribution in [0.2, 0.25) is 0 Å². The lowest BCUT2D eigenvalue weighted by Gasteiger charge is -2.24. The summed E-state index contributed by atoms with van der Waals surface area (Å²) in [6.07, 6.45) is -3.16. The number of aliphatic hydroxyl groups excluding tert-OH is 1. The van der Waals surface area contributed by atoms with Crippen molar-refractivity contribution in [3.8, 4) is 0 Å². The van der Waals surface area contributed by atoms with E-state index in [9.17, 15) is 23.1 Å². The van der Waals surface area contributed by atoms with Crippen LogP contribution in [-0.2, 0) is 17.3 Å². The number of carbonyl (C=O) groups is 1. The Morgan fingerprint density at radius 1 is 1.24 bits per heavy atom. The minimum atomic E-state index is -4.31. The first-order valence-electron chi connectivity index (χ1n) is 9.98. The summed E-state index contributed by atoms with van der Waals surface area (Å²) < 4.78 is 43.5. The van der Waals surface area contributed by atoms with Gasteiger partial charge in [0.2, 0.25) is 0 Å². The second-order valence-corrected chi connectivity index (χ2v) is 8.57. The summed E-state index contributed by atoms with van der Waals surface area (Å²) in [6, 6.07) is 5.43. The van der Waals surface area contributed by atoms with Crippen LogP contribution in [0.25, 0.3) is 0 Å². The van der Waals surface area contributed by atoms with Gasteiger partial charge in [0, 0.05) is 19.0 Å². The van der Waals surface area contributed by atoms with Crippen molar-refractivity contribution in [1.82, 2.24) is 10.2 Å². The molecule has 1 aromatic carbocycles. The molecule has 0 unspecified atom stereocenters. The monoisotopic (exact) mass is 416 g/mol. The van der Waals surface area contributed by atoms with Crippen molar-refractivity contribution in [3.63, 3.8) is 0 Å². The average molecular weight is 416 g/mol. The van der Waals surface area contributed by atoms with Gasteiger partial charge in [-0.05, 0) is 58.2 Å². The summed E-state index contributed by atoms with van der Waals surface area (Å²) in [7, 11) is 0. The number of aryl methyl sites for hydroxylation is 1.